The van der Waals surface area contributed by atoms with Crippen LogP contribution in [0.2, 0.25) is 0 Å². The molecule has 98 valence electrons. The molecule has 0 aromatic carbocycles. The Kier molecular flexibility index (Phi) is 4.49. The summed E-state index contributed by atoms with van der Waals surface area (Å²) in [5.74, 6) is 0.0642. The minimum atomic E-state index is -0.732. The van der Waals surface area contributed by atoms with Gasteiger partial charge in [0.1, 0.15) is 0 Å². The van der Waals surface area contributed by atoms with Gasteiger partial charge in [-0.3, -0.25) is 4.79 Å². The number of hydrogen-bond acceptors (Lipinski definition) is 3. The van der Waals surface area contributed by atoms with Crippen molar-refractivity contribution < 1.29 is 4.79 Å². The van der Waals surface area contributed by atoms with Crippen molar-refractivity contribution >= 4 is 23.1 Å². The van der Waals surface area contributed by atoms with Crippen LogP contribution >= 0.6 is 12.2 Å². The molecule has 1 aliphatic rings. The quantitative estimate of drug-likeness (QED) is 0.759. The molecule has 1 heterocycles. The third-order valence-electron chi connectivity index (χ3n) is 3.36. The molecular formula is C12H23N3OS. The lowest BCUT2D eigenvalue weighted by atomic mass is 9.91. The van der Waals surface area contributed by atoms with Crippen LogP contribution < -0.4 is 5.73 Å². The van der Waals surface area contributed by atoms with Crippen molar-refractivity contribution in [3.63, 3.8) is 0 Å². The number of carbonyl (C=O) groups excluding carboxylic acids is 1. The van der Waals surface area contributed by atoms with Crippen molar-refractivity contribution in [1.29, 1.82) is 0 Å². The van der Waals surface area contributed by atoms with Crippen LogP contribution in [0.15, 0.2) is 0 Å². The molecule has 0 spiro atoms. The number of rotatable bonds is 4. The molecule has 1 atom stereocenters. The third-order valence-corrected chi connectivity index (χ3v) is 3.87. The van der Waals surface area contributed by atoms with Crippen LogP contribution in [0.25, 0.3) is 0 Å². The van der Waals surface area contributed by atoms with E-state index in [1.165, 1.54) is 0 Å². The maximum absolute atomic E-state index is 12.4. The molecule has 1 fully saturated rings. The first-order valence-electron chi connectivity index (χ1n) is 6.02. The molecule has 1 saturated heterocycles. The first-order valence-corrected chi connectivity index (χ1v) is 6.43. The van der Waals surface area contributed by atoms with E-state index in [4.69, 9.17) is 18.0 Å². The van der Waals surface area contributed by atoms with Crippen LogP contribution in [0.3, 0.4) is 0 Å². The molecule has 0 radical (unpaired) electrons. The van der Waals surface area contributed by atoms with E-state index in [0.29, 0.717) is 6.04 Å². The predicted octanol–water partition coefficient (Wildman–Crippen LogP) is 0.851. The number of hydrogen-bond donors (Lipinski definition) is 1. The van der Waals surface area contributed by atoms with Gasteiger partial charge in [0, 0.05) is 19.1 Å². The standard InChI is InChI=1S/C12H23N3OS/c1-12(2,10(13)17)11(16)15-7-5-6-9(15)8-14(3)4/h9H,5-8H2,1-4H3,(H2,13,17). The highest BCUT2D eigenvalue weighted by Crippen LogP contribution is 2.26. The van der Waals surface area contributed by atoms with Gasteiger partial charge in [0.15, 0.2) is 0 Å². The van der Waals surface area contributed by atoms with Gasteiger partial charge in [-0.15, -0.1) is 0 Å². The van der Waals surface area contributed by atoms with E-state index in [0.717, 1.165) is 25.9 Å². The van der Waals surface area contributed by atoms with E-state index in [2.05, 4.69) is 4.90 Å². The van der Waals surface area contributed by atoms with Crippen molar-refractivity contribution in [2.45, 2.75) is 32.7 Å². The topological polar surface area (TPSA) is 49.6 Å². The Bertz CT molecular complexity index is 315. The number of likely N-dealkylation sites (N-methyl/N-ethyl adjacent to an activating group) is 1. The third kappa shape index (κ3) is 3.16. The zero-order valence-electron chi connectivity index (χ0n) is 11.2. The van der Waals surface area contributed by atoms with E-state index in [9.17, 15) is 4.79 Å². The smallest absolute Gasteiger partial charge is 0.235 e. The van der Waals surface area contributed by atoms with Crippen LogP contribution in [0.1, 0.15) is 26.7 Å². The van der Waals surface area contributed by atoms with Crippen LogP contribution in [-0.4, -0.2) is 53.9 Å². The second-order valence-corrected chi connectivity index (χ2v) is 5.99. The lowest BCUT2D eigenvalue weighted by Crippen LogP contribution is -2.50. The Balaban J connectivity index is 2.78. The Hall–Kier alpha value is -0.680. The summed E-state index contributed by atoms with van der Waals surface area (Å²) in [5.41, 5.74) is 4.93. The Morgan fingerprint density at radius 3 is 2.59 bits per heavy atom. The Morgan fingerprint density at radius 1 is 1.53 bits per heavy atom. The van der Waals surface area contributed by atoms with Gasteiger partial charge in [0.25, 0.3) is 0 Å². The summed E-state index contributed by atoms with van der Waals surface area (Å²) in [6.07, 6.45) is 2.13. The second-order valence-electron chi connectivity index (χ2n) is 5.55. The molecule has 5 heteroatoms. The molecule has 1 rings (SSSR count). The molecule has 0 aromatic heterocycles. The summed E-state index contributed by atoms with van der Waals surface area (Å²) in [6.45, 7) is 5.34. The maximum atomic E-state index is 12.4. The highest BCUT2D eigenvalue weighted by Gasteiger charge is 2.39. The molecule has 1 unspecified atom stereocenters. The van der Waals surface area contributed by atoms with Gasteiger partial charge < -0.3 is 15.5 Å². The summed E-state index contributed by atoms with van der Waals surface area (Å²) in [4.78, 5) is 16.8. The molecule has 2 N–H and O–H groups in total. The average molecular weight is 257 g/mol. The summed E-state index contributed by atoms with van der Waals surface area (Å²) in [6, 6.07) is 0.297. The van der Waals surface area contributed by atoms with E-state index >= 15 is 0 Å². The molecule has 4 nitrogen and oxygen atoms in total. The lowest BCUT2D eigenvalue weighted by Gasteiger charge is -2.33. The normalized spacial score (nSPS) is 21.0. The summed E-state index contributed by atoms with van der Waals surface area (Å²) < 4.78 is 0. The van der Waals surface area contributed by atoms with Gasteiger partial charge >= 0.3 is 0 Å². The fourth-order valence-corrected chi connectivity index (χ4v) is 2.27. The SMILES string of the molecule is CN(C)CC1CCCN1C(=O)C(C)(C)C(N)=S. The maximum Gasteiger partial charge on any atom is 0.235 e. The van der Waals surface area contributed by atoms with E-state index in [1.54, 1.807) is 0 Å². The summed E-state index contributed by atoms with van der Waals surface area (Å²) in [7, 11) is 4.05. The molecule has 1 aliphatic heterocycles. The van der Waals surface area contributed by atoms with Crippen LogP contribution in [0.5, 0.6) is 0 Å². The number of nitrogens with two attached hydrogens (primary N) is 1. The van der Waals surface area contributed by atoms with Crippen molar-refractivity contribution in [1.82, 2.24) is 9.80 Å². The monoisotopic (exact) mass is 257 g/mol. The molecule has 1 amide bonds. The minimum Gasteiger partial charge on any atom is -0.392 e. The van der Waals surface area contributed by atoms with E-state index in [1.807, 2.05) is 32.8 Å². The van der Waals surface area contributed by atoms with Crippen LogP contribution in [0, 0.1) is 5.41 Å². The first-order chi connectivity index (χ1) is 7.76. The largest absolute Gasteiger partial charge is 0.392 e. The van der Waals surface area contributed by atoms with Gasteiger partial charge in [-0.25, -0.2) is 0 Å². The zero-order valence-corrected chi connectivity index (χ0v) is 12.0. The van der Waals surface area contributed by atoms with Crippen LogP contribution in [0.4, 0.5) is 0 Å². The number of nitrogens with zero attached hydrogens (tertiary/aromatic N) is 2. The Labute approximate surface area is 109 Å². The minimum absolute atomic E-state index is 0.0642. The first kappa shape index (κ1) is 14.4. The molecular weight excluding hydrogens is 234 g/mol. The van der Waals surface area contributed by atoms with Gasteiger partial charge in [-0.1, -0.05) is 12.2 Å². The molecule has 0 aromatic rings. The van der Waals surface area contributed by atoms with Gasteiger partial charge in [0.2, 0.25) is 5.91 Å². The average Bonchev–Trinajstić information content (AvgIpc) is 2.63. The summed E-state index contributed by atoms with van der Waals surface area (Å²) in [5, 5.41) is 0. The zero-order chi connectivity index (χ0) is 13.2. The van der Waals surface area contributed by atoms with Crippen molar-refractivity contribution in [3.8, 4) is 0 Å². The van der Waals surface area contributed by atoms with Crippen molar-refractivity contribution in [2.75, 3.05) is 27.2 Å². The second kappa shape index (κ2) is 5.31. The highest BCUT2D eigenvalue weighted by atomic mass is 32.1. The molecule has 0 aliphatic carbocycles. The van der Waals surface area contributed by atoms with Crippen LogP contribution in [-0.2, 0) is 4.79 Å². The number of thiocarbonyl (C=S) groups is 1. The number of amides is 1. The number of likely N-dealkylation sites (tertiary alicyclic amines) is 1. The Morgan fingerprint density at radius 2 is 2.12 bits per heavy atom. The van der Waals surface area contributed by atoms with Crippen molar-refractivity contribution in [3.05, 3.63) is 0 Å². The van der Waals surface area contributed by atoms with Gasteiger partial charge in [-0.05, 0) is 40.8 Å². The molecule has 17 heavy (non-hydrogen) atoms. The fourth-order valence-electron chi connectivity index (χ4n) is 2.18. The molecule has 0 saturated carbocycles. The number of carbonyl (C=O) groups is 1. The van der Waals surface area contributed by atoms with E-state index < -0.39 is 5.41 Å². The molecule has 0 bridgehead atoms. The highest BCUT2D eigenvalue weighted by molar-refractivity contribution is 7.80. The van der Waals surface area contributed by atoms with Gasteiger partial charge in [-0.2, -0.15) is 0 Å². The van der Waals surface area contributed by atoms with Gasteiger partial charge in [0.05, 0.1) is 10.4 Å². The van der Waals surface area contributed by atoms with E-state index in [-0.39, 0.29) is 10.9 Å². The lowest BCUT2D eigenvalue weighted by molar-refractivity contribution is -0.138. The predicted molar refractivity (Wildman–Crippen MR) is 73.9 cm³/mol. The fraction of sp³-hybridized carbons (Fsp3) is 0.833. The van der Waals surface area contributed by atoms with Crippen molar-refractivity contribution in [2.24, 2.45) is 11.1 Å². The summed E-state index contributed by atoms with van der Waals surface area (Å²) >= 11 is 4.99.